The Balaban J connectivity index is 1.57. The first-order chi connectivity index (χ1) is 13.5. The molecule has 4 rings (SSSR count). The first-order valence-electron chi connectivity index (χ1n) is 9.08. The Morgan fingerprint density at radius 2 is 2.25 bits per heavy atom. The summed E-state index contributed by atoms with van der Waals surface area (Å²) in [5.74, 6) is 0.959. The van der Waals surface area contributed by atoms with Crippen LogP contribution in [0.25, 0.3) is 11.0 Å². The monoisotopic (exact) mass is 410 g/mol. The van der Waals surface area contributed by atoms with E-state index in [2.05, 4.69) is 55.7 Å². The largest absolute Gasteiger partial charge is 0.386 e. The fourth-order valence-electron chi connectivity index (χ4n) is 3.67. The maximum absolute atomic E-state index is 5.42. The first kappa shape index (κ1) is 18.8. The molecule has 144 valence electrons. The number of anilines is 3. The molecular weight excluding hydrogens is 388 g/mol. The van der Waals surface area contributed by atoms with E-state index in [1.165, 1.54) is 22.9 Å². The van der Waals surface area contributed by atoms with Crippen LogP contribution in [0.2, 0.25) is 0 Å². The molecule has 0 radical (unpaired) electrons. The standard InChI is InChI=1S/C20H22N6S2/c1-11(2)28-20(27)25-16-7-4-13-14(18(16)21-3)5-6-15(13)24-17-8-12-9-22-10-23-19(12)26-17/h4,7-10,15,21,24H,1,5-6H2,2-3H3,(H,25,27)(H,22,23,26). The molecule has 0 amide bonds. The van der Waals surface area contributed by atoms with Gasteiger partial charge in [0.05, 0.1) is 17.4 Å². The van der Waals surface area contributed by atoms with Gasteiger partial charge in [-0.3, -0.25) is 0 Å². The Morgan fingerprint density at radius 3 is 3.00 bits per heavy atom. The summed E-state index contributed by atoms with van der Waals surface area (Å²) in [6.07, 6.45) is 5.39. The van der Waals surface area contributed by atoms with Gasteiger partial charge in [0.1, 0.15) is 22.1 Å². The summed E-state index contributed by atoms with van der Waals surface area (Å²) in [5.41, 5.74) is 5.58. The Hall–Kier alpha value is -2.58. The smallest absolute Gasteiger partial charge is 0.142 e. The molecule has 1 aliphatic rings. The second-order valence-corrected chi connectivity index (χ2v) is 8.74. The number of hydrogen-bond acceptors (Lipinski definition) is 6. The maximum Gasteiger partial charge on any atom is 0.142 e. The van der Waals surface area contributed by atoms with Crippen molar-refractivity contribution in [1.82, 2.24) is 15.0 Å². The van der Waals surface area contributed by atoms with Crippen molar-refractivity contribution in [3.8, 4) is 0 Å². The third kappa shape index (κ3) is 3.70. The summed E-state index contributed by atoms with van der Waals surface area (Å²) in [6.45, 7) is 5.85. The molecular formula is C20H22N6S2. The third-order valence-corrected chi connectivity index (χ3v) is 5.77. The van der Waals surface area contributed by atoms with Crippen molar-refractivity contribution < 1.29 is 0 Å². The van der Waals surface area contributed by atoms with E-state index in [1.54, 1.807) is 6.33 Å². The maximum atomic E-state index is 5.42. The molecule has 4 N–H and O–H groups in total. The molecule has 0 fully saturated rings. The summed E-state index contributed by atoms with van der Waals surface area (Å²) >= 11 is 6.90. The average molecular weight is 411 g/mol. The minimum Gasteiger partial charge on any atom is -0.386 e. The minimum absolute atomic E-state index is 0.244. The zero-order valence-corrected chi connectivity index (χ0v) is 17.4. The van der Waals surface area contributed by atoms with Gasteiger partial charge in [-0.05, 0) is 47.9 Å². The van der Waals surface area contributed by atoms with Crippen molar-refractivity contribution >= 4 is 56.5 Å². The van der Waals surface area contributed by atoms with E-state index >= 15 is 0 Å². The highest BCUT2D eigenvalue weighted by Crippen LogP contribution is 2.41. The Kier molecular flexibility index (Phi) is 5.23. The predicted molar refractivity (Wildman–Crippen MR) is 123 cm³/mol. The van der Waals surface area contributed by atoms with E-state index in [4.69, 9.17) is 12.2 Å². The van der Waals surface area contributed by atoms with E-state index in [9.17, 15) is 0 Å². The molecule has 0 saturated carbocycles. The van der Waals surface area contributed by atoms with Crippen molar-refractivity contribution in [1.29, 1.82) is 0 Å². The van der Waals surface area contributed by atoms with Gasteiger partial charge in [0.15, 0.2) is 0 Å². The number of H-pyrrole nitrogens is 1. The lowest BCUT2D eigenvalue weighted by Crippen LogP contribution is -2.10. The molecule has 0 aliphatic heterocycles. The zero-order valence-electron chi connectivity index (χ0n) is 15.8. The van der Waals surface area contributed by atoms with E-state index in [0.717, 1.165) is 46.0 Å². The Bertz CT molecular complexity index is 1030. The molecule has 0 saturated heterocycles. The van der Waals surface area contributed by atoms with Gasteiger partial charge in [-0.2, -0.15) is 0 Å². The second-order valence-electron chi connectivity index (χ2n) is 6.77. The Labute approximate surface area is 173 Å². The second kappa shape index (κ2) is 7.81. The number of aromatic nitrogens is 3. The lowest BCUT2D eigenvalue weighted by Gasteiger charge is -2.18. The number of nitrogens with zero attached hydrogens (tertiary/aromatic N) is 2. The number of fused-ring (bicyclic) bond motifs is 2. The van der Waals surface area contributed by atoms with Gasteiger partial charge in [-0.1, -0.05) is 36.6 Å². The number of nitrogens with one attached hydrogen (secondary N) is 4. The van der Waals surface area contributed by atoms with Crippen LogP contribution in [0.4, 0.5) is 17.2 Å². The first-order valence-corrected chi connectivity index (χ1v) is 10.3. The van der Waals surface area contributed by atoms with Crippen LogP contribution >= 0.6 is 24.0 Å². The fourth-order valence-corrected chi connectivity index (χ4v) is 4.69. The highest BCUT2D eigenvalue weighted by atomic mass is 32.2. The molecule has 6 nitrogen and oxygen atoms in total. The normalized spacial score (nSPS) is 15.3. The van der Waals surface area contributed by atoms with Crippen LogP contribution in [-0.4, -0.2) is 26.3 Å². The summed E-state index contributed by atoms with van der Waals surface area (Å²) in [6, 6.07) is 6.57. The fraction of sp³-hybridized carbons (Fsp3) is 0.250. The minimum atomic E-state index is 0.244. The van der Waals surface area contributed by atoms with Gasteiger partial charge in [0, 0.05) is 18.6 Å². The van der Waals surface area contributed by atoms with Crippen LogP contribution in [-0.2, 0) is 6.42 Å². The number of hydrogen-bond donors (Lipinski definition) is 4. The number of aromatic amines is 1. The lowest BCUT2D eigenvalue weighted by molar-refractivity contribution is 0.759. The van der Waals surface area contributed by atoms with Gasteiger partial charge in [-0.15, -0.1) is 0 Å². The van der Waals surface area contributed by atoms with E-state index in [-0.39, 0.29) is 6.04 Å². The SMILES string of the molecule is C=C(C)SC(=S)Nc1ccc2c(c1NC)CCC2Nc1cc2cncnc2[nH]1. The number of thioether (sulfide) groups is 1. The van der Waals surface area contributed by atoms with Crippen molar-refractivity contribution in [2.24, 2.45) is 0 Å². The summed E-state index contributed by atoms with van der Waals surface area (Å²) in [7, 11) is 1.95. The molecule has 0 bridgehead atoms. The molecule has 28 heavy (non-hydrogen) atoms. The van der Waals surface area contributed by atoms with Crippen LogP contribution in [0, 0.1) is 0 Å². The number of allylic oxidation sites excluding steroid dienone is 1. The van der Waals surface area contributed by atoms with Crippen molar-refractivity contribution in [3.05, 3.63) is 53.3 Å². The van der Waals surface area contributed by atoms with Gasteiger partial charge < -0.3 is 20.9 Å². The van der Waals surface area contributed by atoms with Crippen LogP contribution in [0.5, 0.6) is 0 Å². The van der Waals surface area contributed by atoms with Gasteiger partial charge in [0.25, 0.3) is 0 Å². The number of benzene rings is 1. The molecule has 1 atom stereocenters. The molecule has 1 aromatic carbocycles. The van der Waals surface area contributed by atoms with Gasteiger partial charge in [-0.25, -0.2) is 9.97 Å². The van der Waals surface area contributed by atoms with Gasteiger partial charge >= 0.3 is 0 Å². The topological polar surface area (TPSA) is 77.7 Å². The van der Waals surface area contributed by atoms with Crippen LogP contribution in [0.15, 0.2) is 42.2 Å². The van der Waals surface area contributed by atoms with E-state index < -0.39 is 0 Å². The van der Waals surface area contributed by atoms with Crippen LogP contribution < -0.4 is 16.0 Å². The Morgan fingerprint density at radius 1 is 1.39 bits per heavy atom. The quantitative estimate of drug-likeness (QED) is 0.438. The summed E-state index contributed by atoms with van der Waals surface area (Å²) in [4.78, 5) is 12.6. The highest BCUT2D eigenvalue weighted by molar-refractivity contribution is 8.25. The molecule has 3 aromatic rings. The van der Waals surface area contributed by atoms with Crippen LogP contribution in [0.3, 0.4) is 0 Å². The van der Waals surface area contributed by atoms with Gasteiger partial charge in [0.2, 0.25) is 0 Å². The average Bonchev–Trinajstić information content (AvgIpc) is 3.24. The molecule has 1 aliphatic carbocycles. The van der Waals surface area contributed by atoms with E-state index in [0.29, 0.717) is 4.32 Å². The predicted octanol–water partition coefficient (Wildman–Crippen LogP) is 5.06. The summed E-state index contributed by atoms with van der Waals surface area (Å²) < 4.78 is 0.704. The molecule has 2 heterocycles. The molecule has 1 unspecified atom stereocenters. The van der Waals surface area contributed by atoms with E-state index in [1.807, 2.05) is 20.2 Å². The number of rotatable bonds is 5. The van der Waals surface area contributed by atoms with Crippen LogP contribution in [0.1, 0.15) is 30.5 Å². The van der Waals surface area contributed by atoms with Crippen molar-refractivity contribution in [2.45, 2.75) is 25.8 Å². The molecule has 0 spiro atoms. The van der Waals surface area contributed by atoms with Crippen molar-refractivity contribution in [3.63, 3.8) is 0 Å². The highest BCUT2D eigenvalue weighted by Gasteiger charge is 2.26. The third-order valence-electron chi connectivity index (χ3n) is 4.78. The zero-order chi connectivity index (χ0) is 19.7. The number of thiocarbonyl (C=S) groups is 1. The van der Waals surface area contributed by atoms with Crippen molar-refractivity contribution in [2.75, 3.05) is 23.0 Å². The molecule has 2 aromatic heterocycles. The summed E-state index contributed by atoms with van der Waals surface area (Å²) in [5, 5.41) is 11.3. The lowest BCUT2D eigenvalue weighted by atomic mass is 10.0. The molecule has 8 heteroatoms.